The Morgan fingerprint density at radius 1 is 1.44 bits per heavy atom. The Kier molecular flexibility index (Phi) is 3.00. The van der Waals surface area contributed by atoms with E-state index in [0.29, 0.717) is 11.6 Å². The van der Waals surface area contributed by atoms with Gasteiger partial charge in [-0.15, -0.1) is 0 Å². The Labute approximate surface area is 101 Å². The minimum atomic E-state index is -0.0446. The number of anilines is 2. The molecule has 88 valence electrons. The van der Waals surface area contributed by atoms with Gasteiger partial charge in [0.05, 0.1) is 30.1 Å². The van der Waals surface area contributed by atoms with Crippen LogP contribution in [0.15, 0.2) is 18.2 Å². The molecule has 1 aromatic rings. The summed E-state index contributed by atoms with van der Waals surface area (Å²) in [4.78, 5) is 2.26. The van der Waals surface area contributed by atoms with Gasteiger partial charge in [0.25, 0.3) is 0 Å². The number of ether oxygens (including phenoxy) is 1. The largest absolute Gasteiger partial charge is 0.397 e. The summed E-state index contributed by atoms with van der Waals surface area (Å²) in [6.45, 7) is 6.57. The summed E-state index contributed by atoms with van der Waals surface area (Å²) < 4.78 is 5.49. The van der Waals surface area contributed by atoms with E-state index in [1.54, 1.807) is 0 Å². The third-order valence-corrected chi connectivity index (χ3v) is 3.16. The van der Waals surface area contributed by atoms with Crippen LogP contribution in [0.3, 0.4) is 0 Å². The second kappa shape index (κ2) is 4.15. The molecule has 0 amide bonds. The van der Waals surface area contributed by atoms with Crippen LogP contribution in [0, 0.1) is 0 Å². The molecular formula is C12H17ClN2O. The molecule has 1 aliphatic rings. The molecule has 0 bridgehead atoms. The first-order valence-corrected chi connectivity index (χ1v) is 5.79. The molecule has 4 heteroatoms. The molecule has 0 atom stereocenters. The van der Waals surface area contributed by atoms with Gasteiger partial charge >= 0.3 is 0 Å². The lowest BCUT2D eigenvalue weighted by Gasteiger charge is -2.44. The summed E-state index contributed by atoms with van der Waals surface area (Å²) in [6.07, 6.45) is 0. The predicted octanol–water partition coefficient (Wildman–Crippen LogP) is 2.54. The number of benzene rings is 1. The number of hydrogen-bond donors (Lipinski definition) is 1. The monoisotopic (exact) mass is 240 g/mol. The highest BCUT2D eigenvalue weighted by atomic mass is 35.5. The first-order chi connectivity index (χ1) is 7.50. The molecule has 1 heterocycles. The number of hydrogen-bond acceptors (Lipinski definition) is 3. The fraction of sp³-hybridized carbons (Fsp3) is 0.500. The molecular weight excluding hydrogens is 224 g/mol. The first kappa shape index (κ1) is 11.6. The van der Waals surface area contributed by atoms with Crippen LogP contribution in [0.25, 0.3) is 0 Å². The van der Waals surface area contributed by atoms with Crippen LogP contribution < -0.4 is 10.6 Å². The molecule has 1 fully saturated rings. The van der Waals surface area contributed by atoms with E-state index in [1.807, 2.05) is 18.2 Å². The fourth-order valence-corrected chi connectivity index (χ4v) is 2.22. The van der Waals surface area contributed by atoms with Gasteiger partial charge in [-0.2, -0.15) is 0 Å². The average Bonchev–Trinajstić information content (AvgIpc) is 2.22. The Morgan fingerprint density at radius 2 is 2.19 bits per heavy atom. The number of nitrogen functional groups attached to an aromatic ring is 1. The van der Waals surface area contributed by atoms with Crippen LogP contribution >= 0.6 is 11.6 Å². The quantitative estimate of drug-likeness (QED) is 0.767. The van der Waals surface area contributed by atoms with E-state index in [4.69, 9.17) is 22.1 Å². The van der Waals surface area contributed by atoms with Crippen LogP contribution in [0.4, 0.5) is 11.4 Å². The van der Waals surface area contributed by atoms with Gasteiger partial charge in [0, 0.05) is 11.6 Å². The van der Waals surface area contributed by atoms with Gasteiger partial charge < -0.3 is 15.4 Å². The van der Waals surface area contributed by atoms with Crippen LogP contribution in [-0.2, 0) is 4.74 Å². The number of morpholine rings is 1. The lowest BCUT2D eigenvalue weighted by molar-refractivity contribution is 0.0645. The van der Waals surface area contributed by atoms with Crippen molar-refractivity contribution in [1.82, 2.24) is 0 Å². The topological polar surface area (TPSA) is 38.5 Å². The Hall–Kier alpha value is -0.930. The van der Waals surface area contributed by atoms with Gasteiger partial charge in [0.15, 0.2) is 0 Å². The van der Waals surface area contributed by atoms with E-state index >= 15 is 0 Å². The van der Waals surface area contributed by atoms with Crippen molar-refractivity contribution in [3.63, 3.8) is 0 Å². The summed E-state index contributed by atoms with van der Waals surface area (Å²) in [5.74, 6) is 0. The normalized spacial score (nSPS) is 19.8. The van der Waals surface area contributed by atoms with Gasteiger partial charge in [0.2, 0.25) is 0 Å². The Morgan fingerprint density at radius 3 is 2.88 bits per heavy atom. The molecule has 0 saturated carbocycles. The van der Waals surface area contributed by atoms with Crippen molar-refractivity contribution in [3.05, 3.63) is 23.2 Å². The van der Waals surface area contributed by atoms with Gasteiger partial charge in [0.1, 0.15) is 0 Å². The van der Waals surface area contributed by atoms with Crippen molar-refractivity contribution in [2.75, 3.05) is 30.4 Å². The lowest BCUT2D eigenvalue weighted by Crippen LogP contribution is -2.53. The number of nitrogens with zero attached hydrogens (tertiary/aromatic N) is 1. The summed E-state index contributed by atoms with van der Waals surface area (Å²) in [5, 5.41) is 0.714. The number of rotatable bonds is 1. The van der Waals surface area contributed by atoms with Crippen molar-refractivity contribution in [1.29, 1.82) is 0 Å². The molecule has 16 heavy (non-hydrogen) atoms. The van der Waals surface area contributed by atoms with E-state index in [2.05, 4.69) is 18.7 Å². The highest BCUT2D eigenvalue weighted by Crippen LogP contribution is 2.33. The zero-order valence-electron chi connectivity index (χ0n) is 9.66. The van der Waals surface area contributed by atoms with Crippen molar-refractivity contribution in [2.45, 2.75) is 19.4 Å². The molecule has 0 aliphatic carbocycles. The molecule has 2 rings (SSSR count). The first-order valence-electron chi connectivity index (χ1n) is 5.41. The minimum Gasteiger partial charge on any atom is -0.397 e. The maximum atomic E-state index is 6.02. The van der Waals surface area contributed by atoms with Crippen LogP contribution in [0.5, 0.6) is 0 Å². The van der Waals surface area contributed by atoms with E-state index in [9.17, 15) is 0 Å². The molecule has 1 aromatic carbocycles. The maximum Gasteiger partial charge on any atom is 0.0694 e. The molecule has 0 unspecified atom stereocenters. The van der Waals surface area contributed by atoms with Gasteiger partial charge in [-0.05, 0) is 32.0 Å². The van der Waals surface area contributed by atoms with E-state index < -0.39 is 0 Å². The molecule has 0 aromatic heterocycles. The second-order valence-electron chi connectivity index (χ2n) is 4.72. The highest BCUT2D eigenvalue weighted by molar-refractivity contribution is 6.31. The average molecular weight is 241 g/mol. The molecule has 1 saturated heterocycles. The molecule has 0 spiro atoms. The summed E-state index contributed by atoms with van der Waals surface area (Å²) in [7, 11) is 0. The standard InChI is InChI=1S/C12H17ClN2O/c1-12(2)8-16-6-5-15(12)11-7-9(13)3-4-10(11)14/h3-4,7H,5-6,8,14H2,1-2H3. The third kappa shape index (κ3) is 2.11. The molecule has 0 radical (unpaired) electrons. The van der Waals surface area contributed by atoms with Gasteiger partial charge in [-0.1, -0.05) is 11.6 Å². The van der Waals surface area contributed by atoms with Crippen LogP contribution in [0.1, 0.15) is 13.8 Å². The second-order valence-corrected chi connectivity index (χ2v) is 5.16. The fourth-order valence-electron chi connectivity index (χ4n) is 2.06. The van der Waals surface area contributed by atoms with Crippen molar-refractivity contribution >= 4 is 23.0 Å². The number of nitrogens with two attached hydrogens (primary N) is 1. The smallest absolute Gasteiger partial charge is 0.0694 e. The van der Waals surface area contributed by atoms with Crippen LogP contribution in [-0.4, -0.2) is 25.3 Å². The molecule has 3 nitrogen and oxygen atoms in total. The zero-order valence-corrected chi connectivity index (χ0v) is 10.4. The van der Waals surface area contributed by atoms with Crippen LogP contribution in [0.2, 0.25) is 5.02 Å². The summed E-state index contributed by atoms with van der Waals surface area (Å²) in [6, 6.07) is 5.58. The Balaban J connectivity index is 2.38. The molecule has 2 N–H and O–H groups in total. The van der Waals surface area contributed by atoms with Crippen molar-refractivity contribution in [2.24, 2.45) is 0 Å². The molecule has 1 aliphatic heterocycles. The van der Waals surface area contributed by atoms with Crippen molar-refractivity contribution < 1.29 is 4.74 Å². The highest BCUT2D eigenvalue weighted by Gasteiger charge is 2.31. The van der Waals surface area contributed by atoms with E-state index in [0.717, 1.165) is 24.5 Å². The lowest BCUT2D eigenvalue weighted by atomic mass is 10.0. The third-order valence-electron chi connectivity index (χ3n) is 2.93. The Bertz CT molecular complexity index is 393. The van der Waals surface area contributed by atoms with E-state index in [-0.39, 0.29) is 5.54 Å². The maximum absolute atomic E-state index is 6.02. The zero-order chi connectivity index (χ0) is 11.8. The number of halogens is 1. The minimum absolute atomic E-state index is 0.0446. The summed E-state index contributed by atoms with van der Waals surface area (Å²) in [5.41, 5.74) is 7.72. The predicted molar refractivity (Wildman–Crippen MR) is 68.1 cm³/mol. The van der Waals surface area contributed by atoms with Crippen molar-refractivity contribution in [3.8, 4) is 0 Å². The summed E-state index contributed by atoms with van der Waals surface area (Å²) >= 11 is 6.02. The van der Waals surface area contributed by atoms with Gasteiger partial charge in [-0.3, -0.25) is 0 Å². The van der Waals surface area contributed by atoms with Gasteiger partial charge in [-0.25, -0.2) is 0 Å². The SMILES string of the molecule is CC1(C)COCCN1c1cc(Cl)ccc1N. The van der Waals surface area contributed by atoms with E-state index in [1.165, 1.54) is 0 Å².